The summed E-state index contributed by atoms with van der Waals surface area (Å²) in [5.41, 5.74) is 4.97. The first-order valence-corrected chi connectivity index (χ1v) is 6.58. The molecule has 0 aromatic carbocycles. The predicted molar refractivity (Wildman–Crippen MR) is 68.8 cm³/mol. The van der Waals surface area contributed by atoms with Gasteiger partial charge in [-0.2, -0.15) is 0 Å². The van der Waals surface area contributed by atoms with Crippen LogP contribution in [-0.2, 0) is 14.3 Å². The highest BCUT2D eigenvalue weighted by molar-refractivity contribution is 6.01. The molecule has 0 heterocycles. The maximum absolute atomic E-state index is 11.8. The van der Waals surface area contributed by atoms with E-state index in [1.54, 1.807) is 20.8 Å². The standard InChI is InChI=1S/C13H24N2O3/c1-13(2,3)18-12(17)10(14)11(16)15-9-7-5-4-6-8-9/h9-10H,4-8,14H2,1-3H3,(H,15,16). The zero-order valence-corrected chi connectivity index (χ0v) is 11.5. The van der Waals surface area contributed by atoms with Crippen LogP contribution < -0.4 is 11.1 Å². The van der Waals surface area contributed by atoms with E-state index < -0.39 is 23.5 Å². The van der Waals surface area contributed by atoms with E-state index in [1.165, 1.54) is 6.42 Å². The van der Waals surface area contributed by atoms with E-state index in [2.05, 4.69) is 5.32 Å². The Hall–Kier alpha value is -1.10. The summed E-state index contributed by atoms with van der Waals surface area (Å²) in [6.45, 7) is 5.24. The van der Waals surface area contributed by atoms with Gasteiger partial charge in [0.25, 0.3) is 0 Å². The van der Waals surface area contributed by atoms with E-state index in [0.29, 0.717) is 0 Å². The number of hydrogen-bond donors (Lipinski definition) is 2. The van der Waals surface area contributed by atoms with E-state index in [1.807, 2.05) is 0 Å². The van der Waals surface area contributed by atoms with E-state index in [9.17, 15) is 9.59 Å². The van der Waals surface area contributed by atoms with Crippen molar-refractivity contribution in [2.45, 2.75) is 70.6 Å². The molecular formula is C13H24N2O3. The summed E-state index contributed by atoms with van der Waals surface area (Å²) in [6.07, 6.45) is 5.38. The van der Waals surface area contributed by atoms with Crippen LogP contribution in [0.1, 0.15) is 52.9 Å². The van der Waals surface area contributed by atoms with Gasteiger partial charge in [0, 0.05) is 6.04 Å². The average Bonchev–Trinajstić information content (AvgIpc) is 2.27. The Balaban J connectivity index is 2.42. The third-order valence-corrected chi connectivity index (χ3v) is 2.89. The van der Waals surface area contributed by atoms with Crippen LogP contribution in [0.4, 0.5) is 0 Å². The molecular weight excluding hydrogens is 232 g/mol. The molecule has 1 amide bonds. The fourth-order valence-corrected chi connectivity index (χ4v) is 2.01. The molecule has 0 bridgehead atoms. The van der Waals surface area contributed by atoms with Crippen molar-refractivity contribution in [3.05, 3.63) is 0 Å². The fourth-order valence-electron chi connectivity index (χ4n) is 2.01. The Morgan fingerprint density at radius 1 is 1.22 bits per heavy atom. The number of amides is 1. The number of hydrogen-bond acceptors (Lipinski definition) is 4. The van der Waals surface area contributed by atoms with E-state index in [-0.39, 0.29) is 6.04 Å². The summed E-state index contributed by atoms with van der Waals surface area (Å²) in [5.74, 6) is -1.10. The highest BCUT2D eigenvalue weighted by Crippen LogP contribution is 2.17. The highest BCUT2D eigenvalue weighted by atomic mass is 16.6. The maximum Gasteiger partial charge on any atom is 0.333 e. The molecule has 1 saturated carbocycles. The SMILES string of the molecule is CC(C)(C)OC(=O)C(N)C(=O)NC1CCCCC1. The third kappa shape index (κ3) is 5.04. The van der Waals surface area contributed by atoms with Crippen LogP contribution in [0.15, 0.2) is 0 Å². The molecule has 1 aliphatic carbocycles. The minimum absolute atomic E-state index is 0.153. The molecule has 5 heteroatoms. The van der Waals surface area contributed by atoms with Gasteiger partial charge in [-0.25, -0.2) is 4.79 Å². The predicted octanol–water partition coefficient (Wildman–Crippen LogP) is 1.10. The topological polar surface area (TPSA) is 81.4 Å². The van der Waals surface area contributed by atoms with E-state index in [0.717, 1.165) is 25.7 Å². The van der Waals surface area contributed by atoms with Gasteiger partial charge < -0.3 is 15.8 Å². The van der Waals surface area contributed by atoms with Gasteiger partial charge in [0.1, 0.15) is 5.60 Å². The Kier molecular flexibility index (Phi) is 5.14. The Bertz CT molecular complexity index is 304. The number of carbonyl (C=O) groups is 2. The largest absolute Gasteiger partial charge is 0.458 e. The van der Waals surface area contributed by atoms with E-state index in [4.69, 9.17) is 10.5 Å². The van der Waals surface area contributed by atoms with Crippen LogP contribution in [0.3, 0.4) is 0 Å². The zero-order chi connectivity index (χ0) is 13.8. The summed E-state index contributed by atoms with van der Waals surface area (Å²) < 4.78 is 5.09. The van der Waals surface area contributed by atoms with Crippen molar-refractivity contribution in [2.24, 2.45) is 5.73 Å². The van der Waals surface area contributed by atoms with Gasteiger partial charge in [-0.1, -0.05) is 19.3 Å². The maximum atomic E-state index is 11.8. The molecule has 3 N–H and O–H groups in total. The molecule has 0 spiro atoms. The van der Waals surface area contributed by atoms with Crippen LogP contribution in [0.25, 0.3) is 0 Å². The highest BCUT2D eigenvalue weighted by Gasteiger charge is 2.29. The fraction of sp³-hybridized carbons (Fsp3) is 0.846. The van der Waals surface area contributed by atoms with Gasteiger partial charge in [-0.3, -0.25) is 4.79 Å². The van der Waals surface area contributed by atoms with E-state index >= 15 is 0 Å². The molecule has 0 saturated heterocycles. The van der Waals surface area contributed by atoms with Crippen molar-refractivity contribution in [1.29, 1.82) is 0 Å². The van der Waals surface area contributed by atoms with Crippen LogP contribution in [0.5, 0.6) is 0 Å². The molecule has 0 aromatic heterocycles. The van der Waals surface area contributed by atoms with Crippen molar-refractivity contribution in [1.82, 2.24) is 5.32 Å². The van der Waals surface area contributed by atoms with Crippen LogP contribution in [-0.4, -0.2) is 29.6 Å². The minimum atomic E-state index is -1.23. The number of esters is 1. The molecule has 1 unspecified atom stereocenters. The third-order valence-electron chi connectivity index (χ3n) is 2.89. The lowest BCUT2D eigenvalue weighted by Crippen LogP contribution is -2.51. The normalized spacial score (nSPS) is 19.1. The lowest BCUT2D eigenvalue weighted by Gasteiger charge is -2.25. The molecule has 104 valence electrons. The number of rotatable bonds is 3. The number of carbonyl (C=O) groups excluding carboxylic acids is 2. The van der Waals surface area contributed by atoms with Crippen molar-refractivity contribution >= 4 is 11.9 Å². The summed E-state index contributed by atoms with van der Waals surface area (Å²) in [6, 6.07) is -1.08. The Morgan fingerprint density at radius 2 is 1.78 bits per heavy atom. The van der Waals surface area contributed by atoms with Crippen molar-refractivity contribution in [3.8, 4) is 0 Å². The van der Waals surface area contributed by atoms with Crippen LogP contribution in [0, 0.1) is 0 Å². The van der Waals surface area contributed by atoms with Crippen LogP contribution in [0.2, 0.25) is 0 Å². The van der Waals surface area contributed by atoms with Gasteiger partial charge >= 0.3 is 5.97 Å². The van der Waals surface area contributed by atoms with Crippen molar-refractivity contribution < 1.29 is 14.3 Å². The molecule has 0 aliphatic heterocycles. The first kappa shape index (κ1) is 15.0. The molecule has 0 radical (unpaired) electrons. The van der Waals surface area contributed by atoms with Gasteiger partial charge in [0.05, 0.1) is 0 Å². The minimum Gasteiger partial charge on any atom is -0.458 e. The molecule has 1 rings (SSSR count). The lowest BCUT2D eigenvalue weighted by atomic mass is 9.95. The second-order valence-electron chi connectivity index (χ2n) is 5.85. The lowest BCUT2D eigenvalue weighted by molar-refractivity contribution is -0.158. The van der Waals surface area contributed by atoms with Gasteiger partial charge in [-0.05, 0) is 33.6 Å². The summed E-state index contributed by atoms with van der Waals surface area (Å²) in [7, 11) is 0. The van der Waals surface area contributed by atoms with Gasteiger partial charge in [-0.15, -0.1) is 0 Å². The molecule has 1 atom stereocenters. The second-order valence-corrected chi connectivity index (χ2v) is 5.85. The van der Waals surface area contributed by atoms with Gasteiger partial charge in [0.2, 0.25) is 5.91 Å². The first-order chi connectivity index (χ1) is 8.29. The zero-order valence-electron chi connectivity index (χ0n) is 11.5. The second kappa shape index (κ2) is 6.18. The molecule has 0 aromatic rings. The number of nitrogens with two attached hydrogens (primary N) is 1. The Labute approximate surface area is 108 Å². The Morgan fingerprint density at radius 3 is 2.28 bits per heavy atom. The summed E-state index contributed by atoms with van der Waals surface area (Å²) >= 11 is 0. The molecule has 5 nitrogen and oxygen atoms in total. The monoisotopic (exact) mass is 256 g/mol. The molecule has 1 aliphatic rings. The van der Waals surface area contributed by atoms with Crippen molar-refractivity contribution in [2.75, 3.05) is 0 Å². The average molecular weight is 256 g/mol. The summed E-state index contributed by atoms with van der Waals surface area (Å²) in [4.78, 5) is 23.4. The summed E-state index contributed by atoms with van der Waals surface area (Å²) in [5, 5.41) is 2.82. The number of ether oxygens (including phenoxy) is 1. The molecule has 18 heavy (non-hydrogen) atoms. The quantitative estimate of drug-likeness (QED) is 0.585. The number of nitrogens with one attached hydrogen (secondary N) is 1. The smallest absolute Gasteiger partial charge is 0.333 e. The van der Waals surface area contributed by atoms with Gasteiger partial charge in [0.15, 0.2) is 6.04 Å². The van der Waals surface area contributed by atoms with Crippen molar-refractivity contribution in [3.63, 3.8) is 0 Å². The van der Waals surface area contributed by atoms with Crippen LogP contribution >= 0.6 is 0 Å². The molecule has 1 fully saturated rings. The first-order valence-electron chi connectivity index (χ1n) is 6.58.